The van der Waals surface area contributed by atoms with E-state index in [-0.39, 0.29) is 5.92 Å². The molecule has 3 rings (SSSR count). The molecule has 1 saturated carbocycles. The molecule has 0 amide bonds. The van der Waals surface area contributed by atoms with E-state index >= 15 is 0 Å². The van der Waals surface area contributed by atoms with Gasteiger partial charge in [0.25, 0.3) is 0 Å². The molecule has 1 aromatic rings. The van der Waals surface area contributed by atoms with E-state index in [1.165, 1.54) is 11.3 Å². The first kappa shape index (κ1) is 9.70. The summed E-state index contributed by atoms with van der Waals surface area (Å²) in [7, 11) is 0. The second kappa shape index (κ2) is 3.51. The molecule has 0 radical (unpaired) electrons. The molecule has 1 aliphatic heterocycles. The lowest BCUT2D eigenvalue weighted by atomic mass is 9.79. The first-order valence-electron chi connectivity index (χ1n) is 5.83. The highest BCUT2D eigenvalue weighted by molar-refractivity contribution is 5.72. The lowest BCUT2D eigenvalue weighted by molar-refractivity contribution is -0.145. The van der Waals surface area contributed by atoms with Crippen LogP contribution in [0.5, 0.6) is 0 Å². The third-order valence-electron chi connectivity index (χ3n) is 3.83. The van der Waals surface area contributed by atoms with Crippen LogP contribution in [-0.4, -0.2) is 23.7 Å². The summed E-state index contributed by atoms with van der Waals surface area (Å²) in [5.74, 6) is -0.749. The molecule has 84 valence electrons. The monoisotopic (exact) mass is 217 g/mol. The zero-order valence-corrected chi connectivity index (χ0v) is 9.10. The van der Waals surface area contributed by atoms with Crippen molar-refractivity contribution >= 4 is 11.7 Å². The van der Waals surface area contributed by atoms with Gasteiger partial charge >= 0.3 is 5.97 Å². The normalized spacial score (nSPS) is 27.4. The molecule has 1 aromatic carbocycles. The Bertz CT molecular complexity index is 424. The summed E-state index contributed by atoms with van der Waals surface area (Å²) < 4.78 is 0. The van der Waals surface area contributed by atoms with Gasteiger partial charge in [-0.05, 0) is 30.9 Å². The fourth-order valence-corrected chi connectivity index (χ4v) is 2.79. The fourth-order valence-electron chi connectivity index (χ4n) is 2.79. The number of rotatable bonds is 2. The number of carboxylic acid groups (broad SMARTS) is 1. The van der Waals surface area contributed by atoms with Gasteiger partial charge in [-0.2, -0.15) is 0 Å². The smallest absolute Gasteiger partial charge is 0.306 e. The summed E-state index contributed by atoms with van der Waals surface area (Å²) in [5.41, 5.74) is 2.72. The number of anilines is 1. The Kier molecular flexibility index (Phi) is 2.13. The van der Waals surface area contributed by atoms with Crippen LogP contribution in [-0.2, 0) is 11.2 Å². The summed E-state index contributed by atoms with van der Waals surface area (Å²) in [4.78, 5) is 13.2. The van der Waals surface area contributed by atoms with Crippen LogP contribution in [0.3, 0.4) is 0 Å². The largest absolute Gasteiger partial charge is 0.481 e. The molecular weight excluding hydrogens is 202 g/mol. The number of carbonyl (C=O) groups is 1. The lowest BCUT2D eigenvalue weighted by Gasteiger charge is -2.40. The molecule has 0 bridgehead atoms. The summed E-state index contributed by atoms with van der Waals surface area (Å²) in [5, 5.41) is 8.87. The number of para-hydroxylation sites is 1. The van der Waals surface area contributed by atoms with Gasteiger partial charge < -0.3 is 10.0 Å². The van der Waals surface area contributed by atoms with Gasteiger partial charge in [-0.1, -0.05) is 18.2 Å². The van der Waals surface area contributed by atoms with Crippen LogP contribution in [0.15, 0.2) is 24.3 Å². The van der Waals surface area contributed by atoms with Gasteiger partial charge in [0, 0.05) is 18.3 Å². The van der Waals surface area contributed by atoms with Crippen LogP contribution in [0.25, 0.3) is 0 Å². The summed E-state index contributed by atoms with van der Waals surface area (Å²) in [6.07, 6.45) is 2.72. The molecule has 0 unspecified atom stereocenters. The SMILES string of the molecule is O=C(O)C1CC(N2CCc3ccccc32)C1. The molecule has 0 saturated heterocycles. The van der Waals surface area contributed by atoms with Crippen LogP contribution >= 0.6 is 0 Å². The van der Waals surface area contributed by atoms with E-state index in [0.29, 0.717) is 6.04 Å². The highest BCUT2D eigenvalue weighted by Crippen LogP contribution is 2.38. The van der Waals surface area contributed by atoms with Crippen LogP contribution in [0.1, 0.15) is 18.4 Å². The Morgan fingerprint density at radius 3 is 2.81 bits per heavy atom. The third-order valence-corrected chi connectivity index (χ3v) is 3.83. The predicted molar refractivity (Wildman–Crippen MR) is 61.6 cm³/mol. The minimum atomic E-state index is -0.635. The third kappa shape index (κ3) is 1.39. The van der Waals surface area contributed by atoms with Gasteiger partial charge in [0.1, 0.15) is 0 Å². The van der Waals surface area contributed by atoms with Gasteiger partial charge in [-0.15, -0.1) is 0 Å². The van der Waals surface area contributed by atoms with Crippen molar-refractivity contribution in [2.24, 2.45) is 5.92 Å². The second-order valence-corrected chi connectivity index (χ2v) is 4.73. The van der Waals surface area contributed by atoms with Crippen molar-refractivity contribution in [3.05, 3.63) is 29.8 Å². The van der Waals surface area contributed by atoms with Crippen LogP contribution in [0.2, 0.25) is 0 Å². The molecule has 1 N–H and O–H groups in total. The molecule has 3 nitrogen and oxygen atoms in total. The quantitative estimate of drug-likeness (QED) is 0.822. The molecule has 2 aliphatic rings. The number of hydrogen-bond donors (Lipinski definition) is 1. The van der Waals surface area contributed by atoms with E-state index in [1.54, 1.807) is 0 Å². The van der Waals surface area contributed by atoms with Crippen LogP contribution in [0.4, 0.5) is 5.69 Å². The molecule has 3 heteroatoms. The highest BCUT2D eigenvalue weighted by atomic mass is 16.4. The molecule has 1 heterocycles. The number of hydrogen-bond acceptors (Lipinski definition) is 2. The summed E-state index contributed by atoms with van der Waals surface area (Å²) in [6, 6.07) is 8.90. The topological polar surface area (TPSA) is 40.5 Å². The van der Waals surface area contributed by atoms with Crippen molar-refractivity contribution in [3.8, 4) is 0 Å². The zero-order valence-electron chi connectivity index (χ0n) is 9.10. The molecule has 1 fully saturated rings. The van der Waals surface area contributed by atoms with Crippen molar-refractivity contribution in [1.82, 2.24) is 0 Å². The molecule has 0 aromatic heterocycles. The maximum Gasteiger partial charge on any atom is 0.306 e. The minimum Gasteiger partial charge on any atom is -0.481 e. The molecule has 0 atom stereocenters. The molecular formula is C13H15NO2. The minimum absolute atomic E-state index is 0.113. The molecule has 0 spiro atoms. The highest BCUT2D eigenvalue weighted by Gasteiger charge is 2.39. The summed E-state index contributed by atoms with van der Waals surface area (Å²) >= 11 is 0. The standard InChI is InChI=1S/C13H15NO2/c15-13(16)10-7-11(8-10)14-6-5-9-3-1-2-4-12(9)14/h1-4,10-11H,5-8H2,(H,15,16). The van der Waals surface area contributed by atoms with E-state index in [0.717, 1.165) is 25.8 Å². The zero-order chi connectivity index (χ0) is 11.1. The van der Waals surface area contributed by atoms with Crippen molar-refractivity contribution in [2.45, 2.75) is 25.3 Å². The number of fused-ring (bicyclic) bond motifs is 1. The van der Waals surface area contributed by atoms with E-state index < -0.39 is 5.97 Å². The maximum absolute atomic E-state index is 10.8. The van der Waals surface area contributed by atoms with Crippen molar-refractivity contribution < 1.29 is 9.90 Å². The van der Waals surface area contributed by atoms with Gasteiger partial charge in [0.2, 0.25) is 0 Å². The average Bonchev–Trinajstić information content (AvgIpc) is 2.60. The lowest BCUT2D eigenvalue weighted by Crippen LogP contribution is -2.46. The van der Waals surface area contributed by atoms with Gasteiger partial charge in [-0.25, -0.2) is 0 Å². The van der Waals surface area contributed by atoms with E-state index in [2.05, 4.69) is 29.2 Å². The Morgan fingerprint density at radius 2 is 2.06 bits per heavy atom. The molecule has 16 heavy (non-hydrogen) atoms. The fraction of sp³-hybridized carbons (Fsp3) is 0.462. The predicted octanol–water partition coefficient (Wildman–Crippen LogP) is 1.91. The number of benzene rings is 1. The number of carboxylic acids is 1. The number of aliphatic carboxylic acids is 1. The van der Waals surface area contributed by atoms with Crippen molar-refractivity contribution in [2.75, 3.05) is 11.4 Å². The first-order chi connectivity index (χ1) is 7.75. The van der Waals surface area contributed by atoms with Gasteiger partial charge in [0.15, 0.2) is 0 Å². The van der Waals surface area contributed by atoms with E-state index in [4.69, 9.17) is 5.11 Å². The Balaban J connectivity index is 1.73. The van der Waals surface area contributed by atoms with Gasteiger partial charge in [0.05, 0.1) is 5.92 Å². The van der Waals surface area contributed by atoms with E-state index in [1.807, 2.05) is 0 Å². The van der Waals surface area contributed by atoms with Gasteiger partial charge in [-0.3, -0.25) is 4.79 Å². The maximum atomic E-state index is 10.8. The molecule has 1 aliphatic carbocycles. The Hall–Kier alpha value is -1.51. The number of nitrogens with zero attached hydrogens (tertiary/aromatic N) is 1. The van der Waals surface area contributed by atoms with Crippen LogP contribution in [0, 0.1) is 5.92 Å². The van der Waals surface area contributed by atoms with E-state index in [9.17, 15) is 4.79 Å². The average molecular weight is 217 g/mol. The second-order valence-electron chi connectivity index (χ2n) is 4.73. The Morgan fingerprint density at radius 1 is 1.31 bits per heavy atom. The van der Waals surface area contributed by atoms with Crippen molar-refractivity contribution in [1.29, 1.82) is 0 Å². The van der Waals surface area contributed by atoms with Crippen LogP contribution < -0.4 is 4.90 Å². The first-order valence-corrected chi connectivity index (χ1v) is 5.83. The van der Waals surface area contributed by atoms with Crippen molar-refractivity contribution in [3.63, 3.8) is 0 Å². The Labute approximate surface area is 94.7 Å². The summed E-state index contributed by atoms with van der Waals surface area (Å²) in [6.45, 7) is 1.05.